The molecule has 0 saturated carbocycles. The van der Waals surface area contributed by atoms with Crippen molar-refractivity contribution in [2.75, 3.05) is 0 Å². The van der Waals surface area contributed by atoms with Crippen LogP contribution >= 0.6 is 0 Å². The van der Waals surface area contributed by atoms with Gasteiger partial charge in [0, 0.05) is 0 Å². The molecule has 0 spiro atoms. The van der Waals surface area contributed by atoms with Crippen LogP contribution in [0.5, 0.6) is 0 Å². The molecule has 4 nitrogen and oxygen atoms in total. The van der Waals surface area contributed by atoms with E-state index in [4.69, 9.17) is 14.5 Å². The van der Waals surface area contributed by atoms with E-state index in [0.29, 0.717) is 11.1 Å². The zero-order valence-corrected chi connectivity index (χ0v) is 6.14. The highest BCUT2D eigenvalue weighted by molar-refractivity contribution is 6.56. The molecule has 2 aromatic rings. The maximum Gasteiger partial charge on any atom is 0.548 e. The zero-order chi connectivity index (χ0) is 8.55. The Kier molecular flexibility index (Phi) is 1.60. The molecule has 2 rings (SSSR count). The summed E-state index contributed by atoms with van der Waals surface area (Å²) in [6.07, 6.45) is 0. The molecule has 1 heterocycles. The highest BCUT2D eigenvalue weighted by Crippen LogP contribution is 2.08. The van der Waals surface area contributed by atoms with Crippen molar-refractivity contribution in [2.24, 2.45) is 0 Å². The first-order chi connectivity index (χ1) is 5.77. The summed E-state index contributed by atoms with van der Waals surface area (Å²) < 4.78 is 5.02. The Bertz CT molecular complexity index is 365. The Morgan fingerprint density at radius 2 is 2.00 bits per heavy atom. The van der Waals surface area contributed by atoms with Crippen molar-refractivity contribution < 1.29 is 14.5 Å². The lowest BCUT2D eigenvalue weighted by Crippen LogP contribution is -2.30. The Morgan fingerprint density at radius 1 is 1.25 bits per heavy atom. The molecule has 0 amide bonds. The number of benzene rings is 1. The van der Waals surface area contributed by atoms with Gasteiger partial charge in [-0.25, -0.2) is 4.98 Å². The van der Waals surface area contributed by atoms with Gasteiger partial charge in [0.1, 0.15) is 5.52 Å². The second-order valence-corrected chi connectivity index (χ2v) is 2.39. The number of oxazole rings is 1. The number of aromatic nitrogens is 1. The Balaban J connectivity index is 2.62. The molecule has 0 unspecified atom stereocenters. The summed E-state index contributed by atoms with van der Waals surface area (Å²) in [6, 6.07) is 7.05. The maximum absolute atomic E-state index is 8.72. The van der Waals surface area contributed by atoms with E-state index in [-0.39, 0.29) is 5.79 Å². The van der Waals surface area contributed by atoms with Crippen LogP contribution in [0.4, 0.5) is 0 Å². The first kappa shape index (κ1) is 7.33. The fraction of sp³-hybridized carbons (Fsp3) is 0. The smallest absolute Gasteiger partial charge is 0.444 e. The summed E-state index contributed by atoms with van der Waals surface area (Å²) >= 11 is 0. The first-order valence-electron chi connectivity index (χ1n) is 3.49. The topological polar surface area (TPSA) is 66.5 Å². The van der Waals surface area contributed by atoms with Crippen molar-refractivity contribution in [1.82, 2.24) is 4.98 Å². The monoisotopic (exact) mass is 163 g/mol. The highest BCUT2D eigenvalue weighted by atomic mass is 16.4. The molecule has 0 aliphatic heterocycles. The van der Waals surface area contributed by atoms with E-state index in [9.17, 15) is 0 Å². The van der Waals surface area contributed by atoms with Gasteiger partial charge >= 0.3 is 7.12 Å². The molecular weight excluding hydrogens is 157 g/mol. The molecule has 0 aliphatic rings. The van der Waals surface area contributed by atoms with Crippen LogP contribution in [0.1, 0.15) is 0 Å². The van der Waals surface area contributed by atoms with Gasteiger partial charge in [0.2, 0.25) is 5.79 Å². The molecule has 0 bridgehead atoms. The molecule has 0 fully saturated rings. The number of hydrogen-bond donors (Lipinski definition) is 2. The maximum atomic E-state index is 8.72. The fourth-order valence-electron chi connectivity index (χ4n) is 1.00. The van der Waals surface area contributed by atoms with E-state index >= 15 is 0 Å². The van der Waals surface area contributed by atoms with Crippen LogP contribution in [0, 0.1) is 0 Å². The van der Waals surface area contributed by atoms with E-state index in [1.807, 2.05) is 0 Å². The molecule has 1 aromatic carbocycles. The lowest BCUT2D eigenvalue weighted by molar-refractivity contribution is 0.409. The van der Waals surface area contributed by atoms with Crippen molar-refractivity contribution in [1.29, 1.82) is 0 Å². The van der Waals surface area contributed by atoms with Crippen LogP contribution in [-0.4, -0.2) is 22.2 Å². The second kappa shape index (κ2) is 2.62. The molecule has 60 valence electrons. The number of rotatable bonds is 1. The average molecular weight is 163 g/mol. The average Bonchev–Trinajstić information content (AvgIpc) is 2.46. The number of hydrogen-bond acceptors (Lipinski definition) is 4. The molecular formula is C7H6BNO3. The zero-order valence-electron chi connectivity index (χ0n) is 6.14. The Hall–Kier alpha value is -1.33. The lowest BCUT2D eigenvalue weighted by atomic mass is 9.93. The normalized spacial score (nSPS) is 10.5. The van der Waals surface area contributed by atoms with Gasteiger partial charge in [-0.15, -0.1) is 0 Å². The van der Waals surface area contributed by atoms with Crippen LogP contribution in [0.15, 0.2) is 28.7 Å². The predicted octanol–water partition coefficient (Wildman–Crippen LogP) is -0.492. The van der Waals surface area contributed by atoms with Gasteiger partial charge < -0.3 is 14.5 Å². The summed E-state index contributed by atoms with van der Waals surface area (Å²) in [6.45, 7) is 0. The van der Waals surface area contributed by atoms with Crippen molar-refractivity contribution in [3.05, 3.63) is 24.3 Å². The summed E-state index contributed by atoms with van der Waals surface area (Å²) in [5.41, 5.74) is 1.18. The van der Waals surface area contributed by atoms with Gasteiger partial charge in [-0.05, 0) is 12.1 Å². The lowest BCUT2D eigenvalue weighted by Gasteiger charge is -1.86. The summed E-state index contributed by atoms with van der Waals surface area (Å²) in [7, 11) is -1.64. The Morgan fingerprint density at radius 3 is 2.67 bits per heavy atom. The predicted molar refractivity (Wildman–Crippen MR) is 43.8 cm³/mol. The molecule has 0 aliphatic carbocycles. The van der Waals surface area contributed by atoms with Crippen LogP contribution in [0.2, 0.25) is 0 Å². The molecule has 5 heteroatoms. The van der Waals surface area contributed by atoms with Crippen molar-refractivity contribution in [3.63, 3.8) is 0 Å². The first-order valence-corrected chi connectivity index (χ1v) is 3.49. The van der Waals surface area contributed by atoms with Gasteiger partial charge in [0.15, 0.2) is 5.58 Å². The third-order valence-corrected chi connectivity index (χ3v) is 1.53. The van der Waals surface area contributed by atoms with E-state index < -0.39 is 7.12 Å². The minimum absolute atomic E-state index is 0.0730. The third kappa shape index (κ3) is 1.09. The summed E-state index contributed by atoms with van der Waals surface area (Å²) in [5, 5.41) is 17.4. The van der Waals surface area contributed by atoms with E-state index in [0.717, 1.165) is 0 Å². The SMILES string of the molecule is OB(O)c1nc2ccccc2o1. The number of fused-ring (bicyclic) bond motifs is 1. The van der Waals surface area contributed by atoms with E-state index in [1.165, 1.54) is 0 Å². The highest BCUT2D eigenvalue weighted by Gasteiger charge is 2.18. The van der Waals surface area contributed by atoms with Crippen LogP contribution in [0.25, 0.3) is 11.1 Å². The van der Waals surface area contributed by atoms with Gasteiger partial charge in [0.25, 0.3) is 0 Å². The molecule has 2 N–H and O–H groups in total. The fourth-order valence-corrected chi connectivity index (χ4v) is 1.00. The minimum atomic E-state index is -1.64. The third-order valence-electron chi connectivity index (χ3n) is 1.53. The van der Waals surface area contributed by atoms with Crippen molar-refractivity contribution in [3.8, 4) is 0 Å². The standard InChI is InChI=1S/C7H6BNO3/c10-8(11)7-9-5-3-1-2-4-6(5)12-7/h1-4,10-11H. The van der Waals surface area contributed by atoms with Gasteiger partial charge in [0.05, 0.1) is 0 Å². The van der Waals surface area contributed by atoms with Gasteiger partial charge in [-0.3, -0.25) is 0 Å². The number of para-hydroxylation sites is 2. The number of nitrogens with zero attached hydrogens (tertiary/aromatic N) is 1. The molecule has 1 aromatic heterocycles. The van der Waals surface area contributed by atoms with E-state index in [2.05, 4.69) is 4.98 Å². The second-order valence-electron chi connectivity index (χ2n) is 2.39. The van der Waals surface area contributed by atoms with Crippen molar-refractivity contribution >= 4 is 24.0 Å². The molecule has 0 atom stereocenters. The van der Waals surface area contributed by atoms with Crippen molar-refractivity contribution in [2.45, 2.75) is 0 Å². The largest absolute Gasteiger partial charge is 0.548 e. The summed E-state index contributed by atoms with van der Waals surface area (Å²) in [4.78, 5) is 3.85. The van der Waals surface area contributed by atoms with Crippen LogP contribution in [-0.2, 0) is 0 Å². The van der Waals surface area contributed by atoms with E-state index in [1.54, 1.807) is 24.3 Å². The van der Waals surface area contributed by atoms with Gasteiger partial charge in [-0.1, -0.05) is 12.1 Å². The van der Waals surface area contributed by atoms with Crippen LogP contribution in [0.3, 0.4) is 0 Å². The van der Waals surface area contributed by atoms with Gasteiger partial charge in [-0.2, -0.15) is 0 Å². The minimum Gasteiger partial charge on any atom is -0.444 e. The molecule has 0 radical (unpaired) electrons. The molecule has 0 saturated heterocycles. The molecule has 12 heavy (non-hydrogen) atoms. The summed E-state index contributed by atoms with van der Waals surface area (Å²) in [5.74, 6) is -0.0730. The van der Waals surface area contributed by atoms with Crippen LogP contribution < -0.4 is 5.79 Å². The Labute approximate surface area is 68.6 Å². The quantitative estimate of drug-likeness (QED) is 0.556.